The SMILES string of the molecule is CN1C(=O)/C(=C/c2cc(Cl)cc(Br)c2O)C(=O)NC1=S. The number of phenolic OH excluding ortho intramolecular Hbond substituents is 1. The molecule has 2 N–H and O–H groups in total. The number of thiocarbonyl (C=S) groups is 1. The van der Waals surface area contributed by atoms with Gasteiger partial charge in [0, 0.05) is 17.6 Å². The lowest BCUT2D eigenvalue weighted by molar-refractivity contribution is -0.128. The Morgan fingerprint density at radius 2 is 2.10 bits per heavy atom. The molecule has 5 nitrogen and oxygen atoms in total. The van der Waals surface area contributed by atoms with Gasteiger partial charge >= 0.3 is 0 Å². The molecule has 0 saturated carbocycles. The van der Waals surface area contributed by atoms with Gasteiger partial charge in [-0.05, 0) is 46.4 Å². The third-order valence-corrected chi connectivity index (χ3v) is 3.86. The number of carbonyl (C=O) groups excluding carboxylic acids is 2. The van der Waals surface area contributed by atoms with Crippen LogP contribution in [-0.2, 0) is 9.59 Å². The fourth-order valence-corrected chi connectivity index (χ4v) is 2.61. The second kappa shape index (κ2) is 5.51. The van der Waals surface area contributed by atoms with Crippen molar-refractivity contribution >= 4 is 62.8 Å². The van der Waals surface area contributed by atoms with Crippen LogP contribution in [0.15, 0.2) is 22.2 Å². The minimum Gasteiger partial charge on any atom is -0.506 e. The highest BCUT2D eigenvalue weighted by Crippen LogP contribution is 2.33. The fraction of sp³-hybridized carbons (Fsp3) is 0.0833. The third-order valence-electron chi connectivity index (χ3n) is 2.66. The Balaban J connectivity index is 2.52. The summed E-state index contributed by atoms with van der Waals surface area (Å²) in [5.74, 6) is -1.28. The summed E-state index contributed by atoms with van der Waals surface area (Å²) in [6, 6.07) is 2.95. The minimum absolute atomic E-state index is 0.0358. The number of nitrogens with one attached hydrogen (secondary N) is 1. The van der Waals surface area contributed by atoms with Gasteiger partial charge in [0.05, 0.1) is 4.47 Å². The Morgan fingerprint density at radius 3 is 2.75 bits per heavy atom. The fourth-order valence-electron chi connectivity index (χ4n) is 1.60. The topological polar surface area (TPSA) is 69.6 Å². The number of hydrogen-bond donors (Lipinski definition) is 2. The number of amides is 2. The molecule has 20 heavy (non-hydrogen) atoms. The summed E-state index contributed by atoms with van der Waals surface area (Å²) in [5.41, 5.74) is 0.120. The highest BCUT2D eigenvalue weighted by atomic mass is 79.9. The predicted molar refractivity (Wildman–Crippen MR) is 82.3 cm³/mol. The van der Waals surface area contributed by atoms with Crippen LogP contribution in [0.25, 0.3) is 6.08 Å². The average molecular weight is 376 g/mol. The Bertz CT molecular complexity index is 675. The number of halogens is 2. The molecule has 1 aromatic rings. The summed E-state index contributed by atoms with van der Waals surface area (Å²) in [6.45, 7) is 0. The first-order valence-electron chi connectivity index (χ1n) is 5.34. The summed E-state index contributed by atoms with van der Waals surface area (Å²) >= 11 is 13.8. The molecule has 0 spiro atoms. The number of carbonyl (C=O) groups is 2. The molecule has 1 aliphatic rings. The Kier molecular flexibility index (Phi) is 4.12. The van der Waals surface area contributed by atoms with E-state index in [4.69, 9.17) is 23.8 Å². The molecule has 1 fully saturated rings. The normalized spacial score (nSPS) is 17.6. The van der Waals surface area contributed by atoms with E-state index < -0.39 is 11.8 Å². The number of benzene rings is 1. The Hall–Kier alpha value is -1.44. The minimum atomic E-state index is -0.617. The van der Waals surface area contributed by atoms with Gasteiger partial charge in [-0.1, -0.05) is 11.6 Å². The number of aromatic hydroxyl groups is 1. The summed E-state index contributed by atoms with van der Waals surface area (Å²) in [5, 5.41) is 12.7. The van der Waals surface area contributed by atoms with E-state index in [-0.39, 0.29) is 22.0 Å². The molecule has 1 saturated heterocycles. The summed E-state index contributed by atoms with van der Waals surface area (Å²) < 4.78 is 0.365. The van der Waals surface area contributed by atoms with E-state index in [1.54, 1.807) is 0 Å². The van der Waals surface area contributed by atoms with Gasteiger partial charge in [0.1, 0.15) is 11.3 Å². The number of phenols is 1. The molecule has 1 aliphatic heterocycles. The Morgan fingerprint density at radius 1 is 1.45 bits per heavy atom. The maximum atomic E-state index is 12.0. The molecule has 104 valence electrons. The van der Waals surface area contributed by atoms with E-state index in [2.05, 4.69) is 21.2 Å². The van der Waals surface area contributed by atoms with Crippen LogP contribution >= 0.6 is 39.7 Å². The average Bonchev–Trinajstić information content (AvgIpc) is 2.37. The molecule has 0 unspecified atom stereocenters. The van der Waals surface area contributed by atoms with E-state index >= 15 is 0 Å². The first-order valence-corrected chi connectivity index (χ1v) is 6.92. The number of rotatable bonds is 1. The predicted octanol–water partition coefficient (Wildman–Crippen LogP) is 2.06. The largest absolute Gasteiger partial charge is 0.506 e. The lowest BCUT2D eigenvalue weighted by Crippen LogP contribution is -2.52. The Labute approximate surface area is 133 Å². The molecule has 8 heteroatoms. The van der Waals surface area contributed by atoms with Crippen molar-refractivity contribution in [2.75, 3.05) is 7.05 Å². The monoisotopic (exact) mass is 374 g/mol. The smallest absolute Gasteiger partial charge is 0.265 e. The molecule has 2 amide bonds. The first kappa shape index (κ1) is 15.0. The molecule has 0 bridgehead atoms. The van der Waals surface area contributed by atoms with Crippen LogP contribution in [0.4, 0.5) is 0 Å². The maximum absolute atomic E-state index is 12.0. The van der Waals surface area contributed by atoms with Crippen molar-refractivity contribution in [1.29, 1.82) is 0 Å². The van der Waals surface area contributed by atoms with E-state index in [1.165, 1.54) is 25.3 Å². The molecule has 1 aromatic carbocycles. The van der Waals surface area contributed by atoms with E-state index in [1.807, 2.05) is 0 Å². The van der Waals surface area contributed by atoms with Gasteiger partial charge in [-0.25, -0.2) is 0 Å². The quantitative estimate of drug-likeness (QED) is 0.448. The van der Waals surface area contributed by atoms with Crippen LogP contribution in [0.2, 0.25) is 5.02 Å². The van der Waals surface area contributed by atoms with Crippen molar-refractivity contribution in [1.82, 2.24) is 10.2 Å². The van der Waals surface area contributed by atoms with E-state index in [0.29, 0.717) is 9.50 Å². The van der Waals surface area contributed by atoms with Crippen LogP contribution < -0.4 is 5.32 Å². The molecule has 0 radical (unpaired) electrons. The second-order valence-electron chi connectivity index (χ2n) is 4.01. The highest BCUT2D eigenvalue weighted by molar-refractivity contribution is 9.10. The molecule has 0 atom stereocenters. The van der Waals surface area contributed by atoms with Crippen LogP contribution in [-0.4, -0.2) is 34.0 Å². The molecule has 0 aliphatic carbocycles. The standard InChI is InChI=1S/C12H8BrClN2O3S/c1-16-11(19)7(10(18)15-12(16)20)3-5-2-6(14)4-8(13)9(5)17/h2-4,17H,1H3,(H,15,18,20)/b7-3+. The van der Waals surface area contributed by atoms with Crippen molar-refractivity contribution in [2.24, 2.45) is 0 Å². The molecular weight excluding hydrogens is 368 g/mol. The van der Waals surface area contributed by atoms with Crippen LogP contribution in [0.3, 0.4) is 0 Å². The molecule has 0 aromatic heterocycles. The van der Waals surface area contributed by atoms with Crippen molar-refractivity contribution in [3.05, 3.63) is 32.8 Å². The zero-order valence-electron chi connectivity index (χ0n) is 10.1. The van der Waals surface area contributed by atoms with Gasteiger partial charge in [-0.3, -0.25) is 19.8 Å². The lowest BCUT2D eigenvalue weighted by atomic mass is 10.1. The zero-order valence-corrected chi connectivity index (χ0v) is 13.3. The van der Waals surface area contributed by atoms with E-state index in [9.17, 15) is 14.7 Å². The summed E-state index contributed by atoms with van der Waals surface area (Å²) in [7, 11) is 1.45. The van der Waals surface area contributed by atoms with Crippen LogP contribution in [0.5, 0.6) is 5.75 Å². The summed E-state index contributed by atoms with van der Waals surface area (Å²) in [4.78, 5) is 25.0. The van der Waals surface area contributed by atoms with Crippen molar-refractivity contribution in [3.63, 3.8) is 0 Å². The number of hydrogen-bond acceptors (Lipinski definition) is 4. The van der Waals surface area contributed by atoms with Gasteiger partial charge < -0.3 is 5.11 Å². The van der Waals surface area contributed by atoms with Crippen molar-refractivity contribution in [3.8, 4) is 5.75 Å². The molecule has 1 heterocycles. The highest BCUT2D eigenvalue weighted by Gasteiger charge is 2.31. The van der Waals surface area contributed by atoms with Gasteiger partial charge in [0.15, 0.2) is 5.11 Å². The zero-order chi connectivity index (χ0) is 15.0. The van der Waals surface area contributed by atoms with Crippen molar-refractivity contribution < 1.29 is 14.7 Å². The second-order valence-corrected chi connectivity index (χ2v) is 5.68. The van der Waals surface area contributed by atoms with Gasteiger partial charge in [0.2, 0.25) is 0 Å². The van der Waals surface area contributed by atoms with E-state index in [0.717, 1.165) is 4.90 Å². The van der Waals surface area contributed by atoms with Gasteiger partial charge in [-0.15, -0.1) is 0 Å². The van der Waals surface area contributed by atoms with Crippen molar-refractivity contribution in [2.45, 2.75) is 0 Å². The first-order chi connectivity index (χ1) is 9.31. The van der Waals surface area contributed by atoms with Crippen LogP contribution in [0.1, 0.15) is 5.56 Å². The maximum Gasteiger partial charge on any atom is 0.265 e. The number of likely N-dealkylation sites (N-methyl/N-ethyl adjacent to an activating group) is 1. The third kappa shape index (κ3) is 2.70. The number of nitrogens with zero attached hydrogens (tertiary/aromatic N) is 1. The van der Waals surface area contributed by atoms with Gasteiger partial charge in [-0.2, -0.15) is 0 Å². The van der Waals surface area contributed by atoms with Gasteiger partial charge in [0.25, 0.3) is 11.8 Å². The summed E-state index contributed by atoms with van der Waals surface area (Å²) in [6.07, 6.45) is 1.27. The lowest BCUT2D eigenvalue weighted by Gasteiger charge is -2.25. The molecular formula is C12H8BrClN2O3S. The van der Waals surface area contributed by atoms with Crippen LogP contribution in [0, 0.1) is 0 Å². The molecule has 2 rings (SSSR count).